The maximum Gasteiger partial charge on any atom is 0.227 e. The normalized spacial score (nSPS) is 10.7. The van der Waals surface area contributed by atoms with Gasteiger partial charge < -0.3 is 15.5 Å². The van der Waals surface area contributed by atoms with Gasteiger partial charge in [-0.1, -0.05) is 17.7 Å². The van der Waals surface area contributed by atoms with E-state index in [1.807, 2.05) is 30.3 Å². The van der Waals surface area contributed by atoms with Crippen molar-refractivity contribution >= 4 is 45.7 Å². The van der Waals surface area contributed by atoms with Crippen LogP contribution in [0.3, 0.4) is 0 Å². The molecule has 6 heteroatoms. The van der Waals surface area contributed by atoms with Crippen molar-refractivity contribution in [2.75, 3.05) is 5.32 Å². The molecule has 0 radical (unpaired) electrons. The Kier molecular flexibility index (Phi) is 3.30. The number of nitrogens with one attached hydrogen (secondary N) is 1. The standard InChI is InChI=1S/C14H10ClN3OS/c15-9-4-5-11-12(7-9)19-13(18-11)8-2-1-3-10(6-8)17-14(16)20/h1-7H,(H3,16,17,20). The van der Waals surface area contributed by atoms with Crippen LogP contribution in [0, 0.1) is 0 Å². The van der Waals surface area contributed by atoms with Gasteiger partial charge in [0.05, 0.1) is 0 Å². The number of rotatable bonds is 2. The predicted octanol–water partition coefficient (Wildman–Crippen LogP) is 3.80. The number of anilines is 1. The molecule has 0 spiro atoms. The van der Waals surface area contributed by atoms with Gasteiger partial charge in [-0.05, 0) is 42.5 Å². The lowest BCUT2D eigenvalue weighted by Gasteiger charge is -2.04. The number of thiocarbonyl (C=S) groups is 1. The zero-order chi connectivity index (χ0) is 14.1. The molecule has 2 aromatic carbocycles. The third kappa shape index (κ3) is 2.59. The van der Waals surface area contributed by atoms with Crippen LogP contribution in [0.15, 0.2) is 46.9 Å². The van der Waals surface area contributed by atoms with Crippen LogP contribution in [0.2, 0.25) is 5.02 Å². The fourth-order valence-corrected chi connectivity index (χ4v) is 2.17. The second-order valence-electron chi connectivity index (χ2n) is 4.20. The summed E-state index contributed by atoms with van der Waals surface area (Å²) < 4.78 is 5.71. The SMILES string of the molecule is NC(=S)Nc1cccc(-c2nc3ccc(Cl)cc3o2)c1. The van der Waals surface area contributed by atoms with Crippen molar-refractivity contribution in [1.29, 1.82) is 0 Å². The maximum absolute atomic E-state index is 5.93. The Bertz CT molecular complexity index is 800. The molecule has 4 nitrogen and oxygen atoms in total. The predicted molar refractivity (Wildman–Crippen MR) is 84.9 cm³/mol. The van der Waals surface area contributed by atoms with Crippen molar-refractivity contribution in [2.45, 2.75) is 0 Å². The lowest BCUT2D eigenvalue weighted by Crippen LogP contribution is -2.18. The molecule has 0 fully saturated rings. The molecule has 3 N–H and O–H groups in total. The van der Waals surface area contributed by atoms with Crippen molar-refractivity contribution in [1.82, 2.24) is 4.98 Å². The Hall–Kier alpha value is -2.11. The molecular weight excluding hydrogens is 294 g/mol. The molecule has 1 aromatic heterocycles. The summed E-state index contributed by atoms with van der Waals surface area (Å²) in [6, 6.07) is 12.8. The van der Waals surface area contributed by atoms with Crippen molar-refractivity contribution < 1.29 is 4.42 Å². The van der Waals surface area contributed by atoms with Gasteiger partial charge in [0.15, 0.2) is 10.7 Å². The summed E-state index contributed by atoms with van der Waals surface area (Å²) in [5.74, 6) is 0.522. The summed E-state index contributed by atoms with van der Waals surface area (Å²) in [6.45, 7) is 0. The molecule has 0 unspecified atom stereocenters. The lowest BCUT2D eigenvalue weighted by molar-refractivity contribution is 0.620. The Balaban J connectivity index is 2.03. The van der Waals surface area contributed by atoms with E-state index in [1.165, 1.54) is 0 Å². The molecule has 0 saturated heterocycles. The average molecular weight is 304 g/mol. The zero-order valence-electron chi connectivity index (χ0n) is 10.3. The van der Waals surface area contributed by atoms with Gasteiger partial charge in [-0.25, -0.2) is 4.98 Å². The summed E-state index contributed by atoms with van der Waals surface area (Å²) in [6.07, 6.45) is 0. The minimum Gasteiger partial charge on any atom is -0.436 e. The summed E-state index contributed by atoms with van der Waals surface area (Å²) in [4.78, 5) is 4.43. The van der Waals surface area contributed by atoms with Crippen LogP contribution in [-0.2, 0) is 0 Å². The van der Waals surface area contributed by atoms with Gasteiger partial charge in [-0.3, -0.25) is 0 Å². The summed E-state index contributed by atoms with van der Waals surface area (Å²) >= 11 is 10.7. The molecule has 0 aliphatic rings. The van der Waals surface area contributed by atoms with E-state index in [9.17, 15) is 0 Å². The highest BCUT2D eigenvalue weighted by molar-refractivity contribution is 7.80. The van der Waals surface area contributed by atoms with E-state index in [0.717, 1.165) is 16.8 Å². The zero-order valence-corrected chi connectivity index (χ0v) is 11.8. The Morgan fingerprint density at radius 1 is 1.25 bits per heavy atom. The maximum atomic E-state index is 5.93. The third-order valence-corrected chi connectivity index (χ3v) is 3.06. The van der Waals surface area contributed by atoms with E-state index in [0.29, 0.717) is 16.5 Å². The number of oxazole rings is 1. The summed E-state index contributed by atoms with van der Waals surface area (Å²) in [5, 5.41) is 3.71. The van der Waals surface area contributed by atoms with Crippen molar-refractivity contribution in [3.63, 3.8) is 0 Å². The van der Waals surface area contributed by atoms with Gasteiger partial charge in [0, 0.05) is 22.3 Å². The quantitative estimate of drug-likeness (QED) is 0.705. The first-order valence-corrected chi connectivity index (χ1v) is 6.63. The molecule has 3 aromatic rings. The Morgan fingerprint density at radius 3 is 2.90 bits per heavy atom. The van der Waals surface area contributed by atoms with Crippen molar-refractivity contribution in [2.24, 2.45) is 5.73 Å². The highest BCUT2D eigenvalue weighted by Gasteiger charge is 2.09. The number of nitrogens with two attached hydrogens (primary N) is 1. The molecule has 0 bridgehead atoms. The van der Waals surface area contributed by atoms with Gasteiger partial charge >= 0.3 is 0 Å². The van der Waals surface area contributed by atoms with E-state index in [-0.39, 0.29) is 5.11 Å². The first-order valence-electron chi connectivity index (χ1n) is 5.85. The van der Waals surface area contributed by atoms with Crippen LogP contribution < -0.4 is 11.1 Å². The van der Waals surface area contributed by atoms with E-state index < -0.39 is 0 Å². The Morgan fingerprint density at radius 2 is 2.10 bits per heavy atom. The number of halogens is 1. The van der Waals surface area contributed by atoms with E-state index in [4.69, 9.17) is 34.0 Å². The lowest BCUT2D eigenvalue weighted by atomic mass is 10.2. The van der Waals surface area contributed by atoms with E-state index >= 15 is 0 Å². The van der Waals surface area contributed by atoms with Gasteiger partial charge in [-0.15, -0.1) is 0 Å². The minimum atomic E-state index is 0.214. The van der Waals surface area contributed by atoms with Crippen molar-refractivity contribution in [3.8, 4) is 11.5 Å². The molecule has 3 rings (SSSR count). The fourth-order valence-electron chi connectivity index (χ4n) is 1.89. The van der Waals surface area contributed by atoms with Gasteiger partial charge in [0.1, 0.15) is 5.52 Å². The summed E-state index contributed by atoms with van der Waals surface area (Å²) in [7, 11) is 0. The number of nitrogens with zero attached hydrogens (tertiary/aromatic N) is 1. The van der Waals surface area contributed by atoms with E-state index in [2.05, 4.69) is 10.3 Å². The number of aromatic nitrogens is 1. The van der Waals surface area contributed by atoms with Crippen LogP contribution in [0.5, 0.6) is 0 Å². The van der Waals surface area contributed by atoms with Gasteiger partial charge in [-0.2, -0.15) is 0 Å². The molecule has 0 atom stereocenters. The number of hydrogen-bond donors (Lipinski definition) is 2. The van der Waals surface area contributed by atoms with Gasteiger partial charge in [0.2, 0.25) is 5.89 Å². The van der Waals surface area contributed by atoms with Crippen LogP contribution in [0.4, 0.5) is 5.69 Å². The second kappa shape index (κ2) is 5.11. The number of benzene rings is 2. The molecule has 20 heavy (non-hydrogen) atoms. The smallest absolute Gasteiger partial charge is 0.227 e. The largest absolute Gasteiger partial charge is 0.436 e. The molecule has 0 saturated carbocycles. The molecule has 0 aliphatic heterocycles. The number of fused-ring (bicyclic) bond motifs is 1. The first-order chi connectivity index (χ1) is 9.61. The molecule has 1 heterocycles. The van der Waals surface area contributed by atoms with Crippen LogP contribution >= 0.6 is 23.8 Å². The van der Waals surface area contributed by atoms with Crippen LogP contribution in [0.1, 0.15) is 0 Å². The molecule has 0 amide bonds. The topological polar surface area (TPSA) is 64.1 Å². The highest BCUT2D eigenvalue weighted by atomic mass is 35.5. The molecular formula is C14H10ClN3OS. The average Bonchev–Trinajstić information content (AvgIpc) is 2.81. The van der Waals surface area contributed by atoms with E-state index in [1.54, 1.807) is 12.1 Å². The van der Waals surface area contributed by atoms with Gasteiger partial charge in [0.25, 0.3) is 0 Å². The Labute approximate surface area is 125 Å². The number of hydrogen-bond acceptors (Lipinski definition) is 3. The van der Waals surface area contributed by atoms with Crippen molar-refractivity contribution in [3.05, 3.63) is 47.5 Å². The monoisotopic (exact) mass is 303 g/mol. The first kappa shape index (κ1) is 12.9. The molecule has 0 aliphatic carbocycles. The fraction of sp³-hybridized carbons (Fsp3) is 0. The van der Waals surface area contributed by atoms with Crippen LogP contribution in [0.25, 0.3) is 22.6 Å². The second-order valence-corrected chi connectivity index (χ2v) is 5.08. The molecule has 100 valence electrons. The minimum absolute atomic E-state index is 0.214. The third-order valence-electron chi connectivity index (χ3n) is 2.73. The summed E-state index contributed by atoms with van der Waals surface area (Å²) in [5.41, 5.74) is 8.49. The highest BCUT2D eigenvalue weighted by Crippen LogP contribution is 2.27. The van der Waals surface area contributed by atoms with Crippen LogP contribution in [-0.4, -0.2) is 10.1 Å².